The quantitative estimate of drug-likeness (QED) is 0.199. The lowest BCUT2D eigenvalue weighted by molar-refractivity contribution is 0.927. The average Bonchev–Trinajstić information content (AvgIpc) is 3.32. The molecule has 0 atom stereocenters. The maximum Gasteiger partial charge on any atom is 0.164 e. The first-order valence-electron chi connectivity index (χ1n) is 16.0. The Morgan fingerprint density at radius 3 is 1.45 bits per heavy atom. The van der Waals surface area contributed by atoms with Gasteiger partial charge in [-0.2, -0.15) is 5.26 Å². The predicted molar refractivity (Wildman–Crippen MR) is 193 cm³/mol. The second kappa shape index (κ2) is 11.3. The Balaban J connectivity index is 1.57. The minimum atomic E-state index is 0.507. The summed E-state index contributed by atoms with van der Waals surface area (Å²) in [6.45, 7) is 16.8. The molecule has 0 spiro atoms. The van der Waals surface area contributed by atoms with E-state index in [2.05, 4.69) is 134 Å². The number of nitrogens with zero attached hydrogens (tertiary/aromatic N) is 5. The Morgan fingerprint density at radius 1 is 0.532 bits per heavy atom. The standard InChI is InChI=1S/C42H37N5/c1-23-15-25(3)40(26(4)16-23)31-10-13-35-36-14-11-32(41-27(5)17-24(2)18-28(41)6)20-39(36)47(38(35)19-31)34-12-9-33(22-43)37(21-34)42-45-29(7)44-30(8)46-42/h9-21H,1-8H3. The molecule has 0 unspecified atom stereocenters. The van der Waals surface area contributed by atoms with Gasteiger partial charge in [-0.25, -0.2) is 15.0 Å². The summed E-state index contributed by atoms with van der Waals surface area (Å²) in [4.78, 5) is 13.7. The lowest BCUT2D eigenvalue weighted by Crippen LogP contribution is -2.02. The van der Waals surface area contributed by atoms with Crippen LogP contribution in [0.5, 0.6) is 0 Å². The highest BCUT2D eigenvalue weighted by Gasteiger charge is 2.19. The molecule has 7 aromatic rings. The fraction of sp³-hybridized carbons (Fsp3) is 0.190. The lowest BCUT2D eigenvalue weighted by Gasteiger charge is -2.15. The summed E-state index contributed by atoms with van der Waals surface area (Å²) < 4.78 is 2.33. The van der Waals surface area contributed by atoms with Crippen molar-refractivity contribution in [3.8, 4) is 45.4 Å². The molecule has 2 heterocycles. The number of fused-ring (bicyclic) bond motifs is 3. The van der Waals surface area contributed by atoms with Crippen LogP contribution in [0.25, 0.3) is 61.1 Å². The van der Waals surface area contributed by atoms with Gasteiger partial charge in [-0.15, -0.1) is 0 Å². The van der Waals surface area contributed by atoms with Crippen molar-refractivity contribution in [1.29, 1.82) is 5.26 Å². The minimum absolute atomic E-state index is 0.507. The third kappa shape index (κ3) is 5.16. The molecular weight excluding hydrogens is 574 g/mol. The summed E-state index contributed by atoms with van der Waals surface area (Å²) >= 11 is 0. The third-order valence-corrected chi connectivity index (χ3v) is 9.18. The van der Waals surface area contributed by atoms with Crippen molar-refractivity contribution in [3.05, 3.63) is 129 Å². The van der Waals surface area contributed by atoms with Crippen LogP contribution in [0.4, 0.5) is 0 Å². The maximum atomic E-state index is 10.1. The van der Waals surface area contributed by atoms with Gasteiger partial charge >= 0.3 is 0 Å². The van der Waals surface area contributed by atoms with Crippen molar-refractivity contribution < 1.29 is 0 Å². The highest BCUT2D eigenvalue weighted by Crippen LogP contribution is 2.40. The molecule has 5 nitrogen and oxygen atoms in total. The van der Waals surface area contributed by atoms with Gasteiger partial charge in [-0.3, -0.25) is 0 Å². The SMILES string of the molecule is Cc1cc(C)c(-c2ccc3c4ccc(-c5c(C)cc(C)cc5C)cc4n(-c4ccc(C#N)c(-c5nc(C)nc(C)n5)c4)c3c2)c(C)c1. The summed E-state index contributed by atoms with van der Waals surface area (Å²) in [5.74, 6) is 1.76. The van der Waals surface area contributed by atoms with E-state index in [1.165, 1.54) is 66.4 Å². The topological polar surface area (TPSA) is 67.4 Å². The minimum Gasteiger partial charge on any atom is -0.309 e. The Hall–Kier alpha value is -5.60. The molecule has 0 saturated carbocycles. The summed E-state index contributed by atoms with van der Waals surface area (Å²) in [5, 5.41) is 12.5. The van der Waals surface area contributed by atoms with Crippen LogP contribution in [0.3, 0.4) is 0 Å². The number of aryl methyl sites for hydroxylation is 8. The number of hydrogen-bond acceptors (Lipinski definition) is 4. The van der Waals surface area contributed by atoms with E-state index in [1.807, 2.05) is 26.0 Å². The summed E-state index contributed by atoms with van der Waals surface area (Å²) in [6.07, 6.45) is 0. The Bertz CT molecular complexity index is 2270. The van der Waals surface area contributed by atoms with Gasteiger partial charge in [0, 0.05) is 22.0 Å². The molecule has 0 N–H and O–H groups in total. The first-order chi connectivity index (χ1) is 22.5. The van der Waals surface area contributed by atoms with Crippen molar-refractivity contribution in [2.75, 3.05) is 0 Å². The van der Waals surface area contributed by atoms with Crippen LogP contribution < -0.4 is 0 Å². The first-order valence-corrected chi connectivity index (χ1v) is 16.0. The van der Waals surface area contributed by atoms with E-state index in [0.717, 1.165) is 16.7 Å². The van der Waals surface area contributed by atoms with Crippen molar-refractivity contribution >= 4 is 21.8 Å². The lowest BCUT2D eigenvalue weighted by atomic mass is 9.92. The molecule has 0 aliphatic rings. The summed E-state index contributed by atoms with van der Waals surface area (Å²) in [5.41, 5.74) is 16.8. The Morgan fingerprint density at radius 2 is 1.00 bits per heavy atom. The van der Waals surface area contributed by atoms with E-state index in [-0.39, 0.29) is 0 Å². The van der Waals surface area contributed by atoms with Crippen LogP contribution in [-0.2, 0) is 0 Å². The molecule has 0 aliphatic heterocycles. The van der Waals surface area contributed by atoms with Crippen LogP contribution in [0.2, 0.25) is 0 Å². The highest BCUT2D eigenvalue weighted by atomic mass is 15.0. The molecule has 230 valence electrons. The Kier molecular flexibility index (Phi) is 7.25. The van der Waals surface area contributed by atoms with Gasteiger partial charge in [0.15, 0.2) is 5.82 Å². The van der Waals surface area contributed by atoms with Crippen molar-refractivity contribution in [2.45, 2.75) is 55.4 Å². The van der Waals surface area contributed by atoms with Gasteiger partial charge in [-0.1, -0.05) is 59.7 Å². The third-order valence-electron chi connectivity index (χ3n) is 9.18. The molecule has 47 heavy (non-hydrogen) atoms. The normalized spacial score (nSPS) is 11.4. The molecule has 0 fully saturated rings. The van der Waals surface area contributed by atoms with Crippen molar-refractivity contribution in [3.63, 3.8) is 0 Å². The van der Waals surface area contributed by atoms with E-state index in [9.17, 15) is 5.26 Å². The van der Waals surface area contributed by atoms with Gasteiger partial charge in [0.2, 0.25) is 0 Å². The molecule has 0 amide bonds. The van der Waals surface area contributed by atoms with E-state index >= 15 is 0 Å². The molecular formula is C42H37N5. The van der Waals surface area contributed by atoms with Gasteiger partial charge in [-0.05, 0) is 130 Å². The fourth-order valence-electron chi connectivity index (χ4n) is 7.57. The predicted octanol–water partition coefficient (Wildman–Crippen LogP) is 10.3. The van der Waals surface area contributed by atoms with Crippen LogP contribution >= 0.6 is 0 Å². The molecule has 5 heteroatoms. The molecule has 5 aromatic carbocycles. The number of nitriles is 1. The zero-order chi connectivity index (χ0) is 33.1. The van der Waals surface area contributed by atoms with Crippen molar-refractivity contribution in [1.82, 2.24) is 19.5 Å². The second-order valence-corrected chi connectivity index (χ2v) is 12.9. The van der Waals surface area contributed by atoms with Gasteiger partial charge < -0.3 is 4.57 Å². The molecule has 0 radical (unpaired) electrons. The van der Waals surface area contributed by atoms with Crippen LogP contribution in [0.1, 0.15) is 50.6 Å². The second-order valence-electron chi connectivity index (χ2n) is 12.9. The highest BCUT2D eigenvalue weighted by molar-refractivity contribution is 6.11. The molecule has 0 aliphatic carbocycles. The van der Waals surface area contributed by atoms with Gasteiger partial charge in [0.05, 0.1) is 22.7 Å². The number of benzene rings is 5. The van der Waals surface area contributed by atoms with Gasteiger partial charge in [0.25, 0.3) is 0 Å². The number of aromatic nitrogens is 4. The molecule has 0 bridgehead atoms. The maximum absolute atomic E-state index is 10.1. The number of hydrogen-bond donors (Lipinski definition) is 0. The summed E-state index contributed by atoms with van der Waals surface area (Å²) in [7, 11) is 0. The average molecular weight is 612 g/mol. The monoisotopic (exact) mass is 611 g/mol. The summed E-state index contributed by atoms with van der Waals surface area (Å²) in [6, 6.07) is 31.0. The smallest absolute Gasteiger partial charge is 0.164 e. The van der Waals surface area contributed by atoms with Crippen LogP contribution in [-0.4, -0.2) is 19.5 Å². The van der Waals surface area contributed by atoms with Crippen LogP contribution in [0.15, 0.2) is 78.9 Å². The zero-order valence-electron chi connectivity index (χ0n) is 28.2. The van der Waals surface area contributed by atoms with E-state index in [0.29, 0.717) is 28.6 Å². The first kappa shape index (κ1) is 30.1. The van der Waals surface area contributed by atoms with E-state index in [1.54, 1.807) is 0 Å². The molecule has 2 aromatic heterocycles. The number of rotatable bonds is 4. The van der Waals surface area contributed by atoms with E-state index in [4.69, 9.17) is 0 Å². The molecule has 7 rings (SSSR count). The van der Waals surface area contributed by atoms with Crippen molar-refractivity contribution in [2.24, 2.45) is 0 Å². The van der Waals surface area contributed by atoms with E-state index < -0.39 is 0 Å². The fourth-order valence-corrected chi connectivity index (χ4v) is 7.57. The zero-order valence-corrected chi connectivity index (χ0v) is 28.2. The Labute approximate surface area is 276 Å². The molecule has 0 saturated heterocycles. The largest absolute Gasteiger partial charge is 0.309 e. The van der Waals surface area contributed by atoms with Gasteiger partial charge in [0.1, 0.15) is 11.6 Å². The van der Waals surface area contributed by atoms with Crippen LogP contribution in [0, 0.1) is 66.7 Å².